The van der Waals surface area contributed by atoms with Crippen LogP contribution in [0.5, 0.6) is 5.75 Å². The van der Waals surface area contributed by atoms with Gasteiger partial charge >= 0.3 is 6.09 Å². The number of benzene rings is 1. The number of imide groups is 1. The van der Waals surface area contributed by atoms with Crippen molar-refractivity contribution in [1.82, 2.24) is 4.90 Å². The molecule has 18 heavy (non-hydrogen) atoms. The summed E-state index contributed by atoms with van der Waals surface area (Å²) >= 11 is 0. The number of amides is 2. The Morgan fingerprint density at radius 3 is 2.56 bits per heavy atom. The van der Waals surface area contributed by atoms with E-state index >= 15 is 0 Å². The van der Waals surface area contributed by atoms with E-state index in [9.17, 15) is 9.59 Å². The minimum absolute atomic E-state index is 0.109. The molecule has 0 atom stereocenters. The lowest BCUT2D eigenvalue weighted by atomic mass is 10.3. The fraction of sp³-hybridized carbons (Fsp3) is 0.308. The van der Waals surface area contributed by atoms with Crippen molar-refractivity contribution in [2.75, 3.05) is 0 Å². The van der Waals surface area contributed by atoms with Crippen LogP contribution in [0.25, 0.3) is 0 Å². The van der Waals surface area contributed by atoms with E-state index in [-0.39, 0.29) is 12.5 Å². The van der Waals surface area contributed by atoms with Gasteiger partial charge in [-0.1, -0.05) is 18.2 Å². The Morgan fingerprint density at radius 1 is 1.33 bits per heavy atom. The van der Waals surface area contributed by atoms with Crippen molar-refractivity contribution >= 4 is 12.0 Å². The van der Waals surface area contributed by atoms with Crippen LogP contribution in [0.15, 0.2) is 30.3 Å². The van der Waals surface area contributed by atoms with Crippen LogP contribution in [-0.2, 0) is 4.79 Å². The smallest absolute Gasteiger partial charge is 0.410 e. The molecule has 1 aliphatic rings. The topological polar surface area (TPSA) is 70.4 Å². The standard InChI is InChI=1S/C13H12N2O3/c14-9-8-12(16)15(10-6-7-10)13(17)18-11-4-2-1-3-5-11/h1-5,10H,6-8H2. The maximum Gasteiger partial charge on any atom is 0.422 e. The first-order valence-corrected chi connectivity index (χ1v) is 5.68. The average Bonchev–Trinajstić information content (AvgIpc) is 3.15. The van der Waals surface area contributed by atoms with Gasteiger partial charge in [-0.15, -0.1) is 0 Å². The van der Waals surface area contributed by atoms with Crippen molar-refractivity contribution in [2.24, 2.45) is 0 Å². The molecule has 0 aromatic heterocycles. The van der Waals surface area contributed by atoms with Gasteiger partial charge in [-0.2, -0.15) is 5.26 Å². The van der Waals surface area contributed by atoms with Gasteiger partial charge in [0.05, 0.1) is 6.07 Å². The molecular weight excluding hydrogens is 232 g/mol. The molecule has 1 saturated carbocycles. The van der Waals surface area contributed by atoms with E-state index in [1.165, 1.54) is 0 Å². The summed E-state index contributed by atoms with van der Waals surface area (Å²) in [5, 5.41) is 8.51. The van der Waals surface area contributed by atoms with Crippen molar-refractivity contribution in [1.29, 1.82) is 5.26 Å². The summed E-state index contributed by atoms with van der Waals surface area (Å²) in [5.41, 5.74) is 0. The zero-order chi connectivity index (χ0) is 13.0. The highest BCUT2D eigenvalue weighted by molar-refractivity contribution is 5.94. The Morgan fingerprint density at radius 2 is 2.00 bits per heavy atom. The lowest BCUT2D eigenvalue weighted by molar-refractivity contribution is -0.128. The van der Waals surface area contributed by atoms with Crippen LogP contribution in [0.3, 0.4) is 0 Å². The monoisotopic (exact) mass is 244 g/mol. The molecule has 1 aromatic carbocycles. The van der Waals surface area contributed by atoms with Gasteiger partial charge in [-0.25, -0.2) is 9.69 Å². The highest BCUT2D eigenvalue weighted by Crippen LogP contribution is 2.28. The molecule has 1 aromatic rings. The van der Waals surface area contributed by atoms with Crippen molar-refractivity contribution in [3.05, 3.63) is 30.3 Å². The molecule has 0 N–H and O–H groups in total. The molecule has 92 valence electrons. The van der Waals surface area contributed by atoms with Gasteiger partial charge in [-0.3, -0.25) is 4.79 Å². The van der Waals surface area contributed by atoms with E-state index in [2.05, 4.69) is 0 Å². The second-order valence-corrected chi connectivity index (χ2v) is 4.01. The quantitative estimate of drug-likeness (QED) is 0.816. The molecule has 0 heterocycles. The van der Waals surface area contributed by atoms with Crippen LogP contribution in [0.1, 0.15) is 19.3 Å². The molecule has 2 rings (SSSR count). The highest BCUT2D eigenvalue weighted by Gasteiger charge is 2.38. The van der Waals surface area contributed by atoms with Gasteiger partial charge in [0.1, 0.15) is 12.2 Å². The first kappa shape index (κ1) is 12.1. The first-order valence-electron chi connectivity index (χ1n) is 5.68. The van der Waals surface area contributed by atoms with Gasteiger partial charge in [0.2, 0.25) is 5.91 Å². The van der Waals surface area contributed by atoms with Crippen LogP contribution in [0.4, 0.5) is 4.79 Å². The summed E-state index contributed by atoms with van der Waals surface area (Å²) < 4.78 is 5.10. The zero-order valence-corrected chi connectivity index (χ0v) is 9.70. The number of nitriles is 1. The Labute approximate surface area is 105 Å². The summed E-state index contributed by atoms with van der Waals surface area (Å²) in [6, 6.07) is 10.2. The lowest BCUT2D eigenvalue weighted by Gasteiger charge is -2.18. The third-order valence-corrected chi connectivity index (χ3v) is 2.56. The maximum absolute atomic E-state index is 11.9. The third-order valence-electron chi connectivity index (χ3n) is 2.56. The average molecular weight is 244 g/mol. The summed E-state index contributed by atoms with van der Waals surface area (Å²) in [6.45, 7) is 0. The van der Waals surface area contributed by atoms with Gasteiger partial charge in [0.15, 0.2) is 0 Å². The van der Waals surface area contributed by atoms with Crippen LogP contribution in [0, 0.1) is 11.3 Å². The highest BCUT2D eigenvalue weighted by atomic mass is 16.6. The second kappa shape index (κ2) is 5.32. The van der Waals surface area contributed by atoms with Gasteiger partial charge in [0.25, 0.3) is 0 Å². The van der Waals surface area contributed by atoms with E-state index in [1.54, 1.807) is 36.4 Å². The molecule has 1 aliphatic carbocycles. The minimum Gasteiger partial charge on any atom is -0.410 e. The number of ether oxygens (including phenoxy) is 1. The first-order chi connectivity index (χ1) is 8.72. The molecule has 5 nitrogen and oxygen atoms in total. The Bertz CT molecular complexity index is 489. The van der Waals surface area contributed by atoms with E-state index in [0.717, 1.165) is 17.7 Å². The molecule has 0 bridgehead atoms. The number of rotatable bonds is 3. The molecule has 2 amide bonds. The molecule has 5 heteroatoms. The van der Waals surface area contributed by atoms with Gasteiger partial charge in [0, 0.05) is 6.04 Å². The van der Waals surface area contributed by atoms with Crippen LogP contribution in [-0.4, -0.2) is 22.9 Å². The number of para-hydroxylation sites is 1. The summed E-state index contributed by atoms with van der Waals surface area (Å²) in [4.78, 5) is 24.6. The normalized spacial score (nSPS) is 13.5. The van der Waals surface area contributed by atoms with Crippen molar-refractivity contribution < 1.29 is 14.3 Å². The Balaban J connectivity index is 2.05. The van der Waals surface area contributed by atoms with E-state index < -0.39 is 12.0 Å². The largest absolute Gasteiger partial charge is 0.422 e. The number of nitrogens with zero attached hydrogens (tertiary/aromatic N) is 2. The predicted octanol–water partition coefficient (Wildman–Crippen LogP) is 2.09. The molecule has 0 spiro atoms. The molecule has 0 radical (unpaired) electrons. The Kier molecular flexibility index (Phi) is 3.58. The number of carbonyl (C=O) groups excluding carboxylic acids is 2. The zero-order valence-electron chi connectivity index (χ0n) is 9.70. The van der Waals surface area contributed by atoms with Gasteiger partial charge in [-0.05, 0) is 25.0 Å². The van der Waals surface area contributed by atoms with Crippen LogP contribution in [0.2, 0.25) is 0 Å². The Hall–Kier alpha value is -2.35. The van der Waals surface area contributed by atoms with Crippen molar-refractivity contribution in [3.63, 3.8) is 0 Å². The molecular formula is C13H12N2O3. The van der Waals surface area contributed by atoms with Gasteiger partial charge < -0.3 is 4.74 Å². The fourth-order valence-electron chi connectivity index (χ4n) is 1.58. The maximum atomic E-state index is 11.9. The second-order valence-electron chi connectivity index (χ2n) is 4.01. The predicted molar refractivity (Wildman–Crippen MR) is 62.6 cm³/mol. The molecule has 1 fully saturated rings. The van der Waals surface area contributed by atoms with Crippen LogP contribution >= 0.6 is 0 Å². The summed E-state index contributed by atoms with van der Waals surface area (Å²) in [7, 11) is 0. The number of carbonyl (C=O) groups is 2. The van der Waals surface area contributed by atoms with E-state index in [0.29, 0.717) is 5.75 Å². The summed E-state index contributed by atoms with van der Waals surface area (Å²) in [5.74, 6) is -0.112. The van der Waals surface area contributed by atoms with E-state index in [4.69, 9.17) is 10.00 Å². The minimum atomic E-state index is -0.705. The molecule has 0 aliphatic heterocycles. The van der Waals surface area contributed by atoms with E-state index in [1.807, 2.05) is 0 Å². The number of hydrogen-bond donors (Lipinski definition) is 0. The van der Waals surface area contributed by atoms with Crippen molar-refractivity contribution in [2.45, 2.75) is 25.3 Å². The third kappa shape index (κ3) is 2.86. The lowest BCUT2D eigenvalue weighted by Crippen LogP contribution is -2.40. The summed E-state index contributed by atoms with van der Waals surface area (Å²) in [6.07, 6.45) is 0.548. The molecule has 0 saturated heterocycles. The number of hydrogen-bond acceptors (Lipinski definition) is 4. The fourth-order valence-corrected chi connectivity index (χ4v) is 1.58. The SMILES string of the molecule is N#CCC(=O)N(C(=O)Oc1ccccc1)C1CC1. The van der Waals surface area contributed by atoms with Crippen molar-refractivity contribution in [3.8, 4) is 11.8 Å². The molecule has 0 unspecified atom stereocenters. The van der Waals surface area contributed by atoms with Crippen LogP contribution < -0.4 is 4.74 Å².